The van der Waals surface area contributed by atoms with Crippen LogP contribution in [0.1, 0.15) is 163 Å². The Morgan fingerprint density at radius 1 is 0.422 bits per heavy atom. The number of ketones is 4. The third kappa shape index (κ3) is 40.6. The van der Waals surface area contributed by atoms with Crippen molar-refractivity contribution in [3.05, 3.63) is 59.7 Å². The number of hydrogen-bond acceptors (Lipinski definition) is 31. The lowest BCUT2D eigenvalue weighted by Gasteiger charge is -2.31. The van der Waals surface area contributed by atoms with Gasteiger partial charge in [0.2, 0.25) is 123 Å². The molecule has 2 heterocycles. The number of carbonyl (C=O) groups excluding carboxylic acids is 21. The zero-order valence-electron chi connectivity index (χ0n) is 78.4. The van der Waals surface area contributed by atoms with E-state index < -0.39 is 282 Å². The molecule has 2 saturated heterocycles. The van der Waals surface area contributed by atoms with Gasteiger partial charge in [0.25, 0.3) is 0 Å². The summed E-state index contributed by atoms with van der Waals surface area (Å²) in [5.41, 5.74) is 40.6. The molecule has 48 heteroatoms. The smallest absolute Gasteiger partial charge is 0.243 e. The number of halogens is 1. The first kappa shape index (κ1) is 116. The van der Waals surface area contributed by atoms with Crippen molar-refractivity contribution in [1.29, 1.82) is 0 Å². The van der Waals surface area contributed by atoms with Crippen LogP contribution >= 0.6 is 33.2 Å². The van der Waals surface area contributed by atoms with Crippen molar-refractivity contribution in [3.8, 4) is 11.5 Å². The van der Waals surface area contributed by atoms with E-state index >= 15 is 28.8 Å². The van der Waals surface area contributed by atoms with Gasteiger partial charge in [-0.05, 0) is 149 Å². The van der Waals surface area contributed by atoms with Gasteiger partial charge in [-0.1, -0.05) is 114 Å². The molecule has 0 radical (unpaired) electrons. The van der Waals surface area contributed by atoms with Gasteiger partial charge in [-0.15, -0.1) is 0 Å². The SMILES string of the molecule is CC[C@H](C)[C@H](NC(=O)[C@H](Cc1ccc(OC)cc1)NCCC(=O)Cl)C(=O)N[C@@H](CCC(N)=O)C(=O)NC(CC(N)=O)C(=O)NC(CSSC[C@@H](NC(=O)C(CC(N)=O)NC(=O)[C@H](CCC(N)=O)NC(=O)[C@@H](NC(=O)[C@H](Cc1ccc(OC)cc1)N(C)C)[C@@H](C)CC)C(=O)C(=O)[C@@H]1CCCN1N[C@@H](CC(C)C)C(=O)NCC(N)=O)C(=O)C(=O)[C@@H]1CCCN1N[C@@H](CC(C)C)C(=O)NCC(N)=O. The molecule has 0 bridgehead atoms. The van der Waals surface area contributed by atoms with Crippen LogP contribution in [0.3, 0.4) is 0 Å². The van der Waals surface area contributed by atoms with Gasteiger partial charge in [0.15, 0.2) is 0 Å². The van der Waals surface area contributed by atoms with Gasteiger partial charge < -0.3 is 102 Å². The highest BCUT2D eigenvalue weighted by Gasteiger charge is 2.45. The van der Waals surface area contributed by atoms with Crippen LogP contribution in [-0.4, -0.2) is 295 Å². The van der Waals surface area contributed by atoms with Crippen molar-refractivity contribution >= 4 is 156 Å². The average Bonchev–Trinajstić information content (AvgIpc) is 1.69. The Balaban J connectivity index is 1.87. The number of nitrogens with two attached hydrogens (primary N) is 6. The summed E-state index contributed by atoms with van der Waals surface area (Å²) in [5, 5.41) is 29.9. The first-order valence-electron chi connectivity index (χ1n) is 44.6. The minimum Gasteiger partial charge on any atom is -0.497 e. The molecule has 0 aromatic heterocycles. The normalized spacial score (nSPS) is 16.9. The summed E-state index contributed by atoms with van der Waals surface area (Å²) < 4.78 is 10.6. The van der Waals surface area contributed by atoms with Crippen LogP contribution in [0.4, 0.5) is 0 Å². The van der Waals surface area contributed by atoms with E-state index in [4.69, 9.17) is 55.5 Å². The van der Waals surface area contributed by atoms with Crippen LogP contribution in [0.5, 0.6) is 11.5 Å². The lowest BCUT2D eigenvalue weighted by atomic mass is 9.96. The number of amides is 16. The van der Waals surface area contributed by atoms with Crippen LogP contribution < -0.4 is 113 Å². The summed E-state index contributed by atoms with van der Waals surface area (Å²) in [5.74, 6) is -23.3. The van der Waals surface area contributed by atoms with E-state index in [9.17, 15) is 71.9 Å². The highest BCUT2D eigenvalue weighted by molar-refractivity contribution is 8.76. The Bertz CT molecular complexity index is 4460. The number of ether oxygens (including phenoxy) is 2. The van der Waals surface area contributed by atoms with Crippen molar-refractivity contribution in [2.75, 3.05) is 72.5 Å². The average molecular weight is 1960 g/mol. The van der Waals surface area contributed by atoms with Gasteiger partial charge in [-0.25, -0.2) is 20.9 Å². The number of methoxy groups -OCH3 is 2. The number of likely N-dealkylation sites (N-methyl/N-ethyl adjacent to an activating group) is 1. The fourth-order valence-corrected chi connectivity index (χ4v) is 17.0. The number of rotatable bonds is 66. The van der Waals surface area contributed by atoms with Crippen LogP contribution in [-0.2, 0) is 114 Å². The van der Waals surface area contributed by atoms with Crippen molar-refractivity contribution in [2.45, 2.75) is 249 Å². The molecule has 0 spiro atoms. The van der Waals surface area contributed by atoms with Crippen LogP contribution in [0.25, 0.3) is 0 Å². The molecule has 0 aliphatic carbocycles. The summed E-state index contributed by atoms with van der Waals surface area (Å²) in [6.45, 7) is 12.7. The first-order chi connectivity index (χ1) is 63.6. The lowest BCUT2D eigenvalue weighted by Crippen LogP contribution is -2.61. The maximum absolute atomic E-state index is 15.3. The largest absolute Gasteiger partial charge is 0.497 e. The molecule has 2 aromatic carbocycles. The molecular weight excluding hydrogens is 1820 g/mol. The van der Waals surface area contributed by atoms with Crippen molar-refractivity contribution in [3.63, 3.8) is 0 Å². The van der Waals surface area contributed by atoms with E-state index in [1.54, 1.807) is 123 Å². The highest BCUT2D eigenvalue weighted by Crippen LogP contribution is 2.28. The Labute approximate surface area is 797 Å². The van der Waals surface area contributed by atoms with Crippen LogP contribution in [0.15, 0.2) is 48.5 Å². The van der Waals surface area contributed by atoms with Crippen molar-refractivity contribution in [2.24, 2.45) is 58.1 Å². The minimum absolute atomic E-state index is 0.0128. The summed E-state index contributed by atoms with van der Waals surface area (Å²) in [7, 11) is 7.50. The molecule has 2 fully saturated rings. The maximum Gasteiger partial charge on any atom is 0.243 e. The number of hydrazine groups is 2. The Morgan fingerprint density at radius 2 is 0.770 bits per heavy atom. The summed E-state index contributed by atoms with van der Waals surface area (Å²) in [6, 6.07) is -8.11. The van der Waals surface area contributed by atoms with E-state index in [2.05, 4.69) is 69.3 Å². The third-order valence-electron chi connectivity index (χ3n) is 22.4. The number of hydrogen-bond donors (Lipinski definition) is 19. The molecule has 135 heavy (non-hydrogen) atoms. The first-order valence-corrected chi connectivity index (χ1v) is 47.5. The van der Waals surface area contributed by atoms with Gasteiger partial charge in [0, 0.05) is 50.4 Å². The Kier molecular flexibility index (Phi) is 50.5. The number of primary amides is 6. The lowest BCUT2D eigenvalue weighted by molar-refractivity contribution is -0.142. The number of benzene rings is 2. The van der Waals surface area contributed by atoms with E-state index in [-0.39, 0.29) is 95.7 Å². The zero-order valence-corrected chi connectivity index (χ0v) is 80.8. The van der Waals surface area contributed by atoms with Crippen molar-refractivity contribution < 1.29 is 110 Å². The van der Waals surface area contributed by atoms with Gasteiger partial charge in [0.05, 0.1) is 64.3 Å². The molecule has 0 saturated carbocycles. The second-order valence-corrected chi connectivity index (χ2v) is 37.4. The van der Waals surface area contributed by atoms with Gasteiger partial charge >= 0.3 is 0 Å². The summed E-state index contributed by atoms with van der Waals surface area (Å²) in [4.78, 5) is 294. The predicted molar refractivity (Wildman–Crippen MR) is 499 cm³/mol. The monoisotopic (exact) mass is 1950 g/mol. The molecule has 25 N–H and O–H groups in total. The molecule has 2 aliphatic heterocycles. The Hall–Kier alpha value is -11.3. The number of nitrogens with one attached hydrogen (secondary N) is 13. The summed E-state index contributed by atoms with van der Waals surface area (Å²) in [6.07, 6.45) is -3.31. The van der Waals surface area contributed by atoms with E-state index in [1.165, 1.54) is 24.2 Å². The molecule has 2 aliphatic rings. The second kappa shape index (κ2) is 58.8. The number of carbonyl (C=O) groups is 21. The van der Waals surface area contributed by atoms with E-state index in [0.717, 1.165) is 5.56 Å². The van der Waals surface area contributed by atoms with Gasteiger partial charge in [-0.3, -0.25) is 106 Å². The second-order valence-electron chi connectivity index (χ2n) is 34.4. The quantitative estimate of drug-likeness (QED) is 0.0128. The van der Waals surface area contributed by atoms with E-state index in [1.807, 2.05) is 0 Å². The van der Waals surface area contributed by atoms with E-state index in [0.29, 0.717) is 45.1 Å². The fraction of sp³-hybridized carbons (Fsp3) is 0.621. The highest BCUT2D eigenvalue weighted by atomic mass is 35.5. The molecule has 750 valence electrons. The van der Waals surface area contributed by atoms with Crippen molar-refractivity contribution in [1.82, 2.24) is 84.3 Å². The molecule has 4 rings (SSSR count). The predicted octanol–water partition coefficient (Wildman–Crippen LogP) is -4.59. The molecule has 3 unspecified atom stereocenters. The maximum atomic E-state index is 15.3. The third-order valence-corrected chi connectivity index (χ3v) is 25.0. The fourth-order valence-electron chi connectivity index (χ4n) is 14.6. The molecule has 16 amide bonds. The van der Waals surface area contributed by atoms with Gasteiger partial charge in [-0.2, -0.15) is 0 Å². The summed E-state index contributed by atoms with van der Waals surface area (Å²) >= 11 is 5.64. The standard InChI is InChI=1S/C87H135ClN22O23S2/c1-13-47(7)72(104-82(126)55(95-32-31-65(88)111)37-49-19-23-51(132-11)24-20-49)86(130)98-53(27-29-66(89)112)80(124)100-56(39-68(91)114)83(127)102-60(74(118)76(120)62-17-15-33-109(62)106-58(35-45(3)4)78(122)96-41-70(93)116)43-134-135-44-61(75(119)77(121)63-18-16-34-110(63)107-59(36-46(5)6)79(123)97-42-71(94)117)103-84(128)57(40-69(92)115)101-81(125)54(28-30-67(90)113)99-87(131)73(48(8)14-2)105-85(129)64(108(9)10)38-50-21-25-52(133-12)26-22-50/h19-26,45-48,53-64,72-73,95,106-107H,13-18,27-44H2,1-12H3,(H2,89,112)(H2,90,113)(H2,91,114)(H2,92,115)(H2,93,116)(H2,94,117)(H,96,122)(H,97,123)(H,98,130)(H,99,131)(H,100,124)(H,101,125)(H,102,127)(H,103,128)(H,104,126)(H,105,129)/t47-,48-,53-,54-,55-,56?,57?,58-,59-,60?,61+,62-,63-,64-,72-,73-/m0/s1. The number of nitrogens with zero attached hydrogens (tertiary/aromatic N) is 3. The topological polar surface area (TPSA) is 699 Å². The Morgan fingerprint density at radius 3 is 1.10 bits per heavy atom. The van der Waals surface area contributed by atoms with Crippen LogP contribution in [0.2, 0.25) is 0 Å². The molecule has 16 atom stereocenters. The molecule has 2 aromatic rings. The zero-order chi connectivity index (χ0) is 101. The number of Topliss-reactive ketones (excluding diaryl/α,β-unsaturated/α-hetero) is 4. The molecule has 45 nitrogen and oxygen atoms in total. The van der Waals surface area contributed by atoms with Gasteiger partial charge in [0.1, 0.15) is 71.9 Å². The van der Waals surface area contributed by atoms with Crippen LogP contribution in [0, 0.1) is 23.7 Å². The minimum atomic E-state index is -2.12. The molecular formula is C87H135ClN22O23S2.